The maximum Gasteiger partial charge on any atom is 0.123 e. The summed E-state index contributed by atoms with van der Waals surface area (Å²) in [6.07, 6.45) is 6.41. The van der Waals surface area contributed by atoms with Crippen molar-refractivity contribution in [3.05, 3.63) is 77.1 Å². The van der Waals surface area contributed by atoms with Crippen LogP contribution < -0.4 is 0 Å². The van der Waals surface area contributed by atoms with Gasteiger partial charge in [0.2, 0.25) is 0 Å². The molecule has 0 saturated carbocycles. The van der Waals surface area contributed by atoms with E-state index in [1.165, 1.54) is 23.3 Å². The first-order chi connectivity index (χ1) is 12.0. The standard InChI is InChI=1S/C22H24FNO/c1-24(2)15-19-9-6-17(12-16-7-10-20(23)11-8-16)13-22(19)18-4-3-5-21(25)14-18/h3-5,7-8,10-14,19,25H,6,9,15H2,1-2H3/b17-12-. The van der Waals surface area contributed by atoms with Crippen molar-refractivity contribution in [1.82, 2.24) is 4.90 Å². The fourth-order valence-corrected chi connectivity index (χ4v) is 3.41. The number of hydrogen-bond donors (Lipinski definition) is 1. The predicted molar refractivity (Wildman–Crippen MR) is 102 cm³/mol. The molecule has 1 aliphatic rings. The lowest BCUT2D eigenvalue weighted by Crippen LogP contribution is -2.24. The Bertz CT molecular complexity index is 790. The summed E-state index contributed by atoms with van der Waals surface area (Å²) in [6.45, 7) is 0.977. The highest BCUT2D eigenvalue weighted by Gasteiger charge is 2.22. The van der Waals surface area contributed by atoms with E-state index in [1.54, 1.807) is 18.2 Å². The van der Waals surface area contributed by atoms with Crippen LogP contribution in [0.4, 0.5) is 4.39 Å². The van der Waals surface area contributed by atoms with Crippen LogP contribution >= 0.6 is 0 Å². The second-order valence-corrected chi connectivity index (χ2v) is 6.92. The third kappa shape index (κ3) is 4.58. The van der Waals surface area contributed by atoms with Crippen LogP contribution in [0.2, 0.25) is 0 Å². The molecule has 3 rings (SSSR count). The van der Waals surface area contributed by atoms with Crippen LogP contribution in [-0.2, 0) is 0 Å². The zero-order valence-corrected chi connectivity index (χ0v) is 14.7. The van der Waals surface area contributed by atoms with Gasteiger partial charge in [0, 0.05) is 6.54 Å². The molecule has 1 N–H and O–H groups in total. The fourth-order valence-electron chi connectivity index (χ4n) is 3.41. The van der Waals surface area contributed by atoms with E-state index in [9.17, 15) is 9.50 Å². The maximum absolute atomic E-state index is 13.1. The Labute approximate surface area is 148 Å². The normalized spacial score (nSPS) is 19.3. The van der Waals surface area contributed by atoms with Gasteiger partial charge in [-0.2, -0.15) is 0 Å². The van der Waals surface area contributed by atoms with Crippen LogP contribution in [0.1, 0.15) is 24.0 Å². The molecule has 0 aliphatic heterocycles. The zero-order chi connectivity index (χ0) is 17.8. The average Bonchev–Trinajstić information content (AvgIpc) is 2.58. The second kappa shape index (κ2) is 7.66. The largest absolute Gasteiger partial charge is 0.508 e. The Balaban J connectivity index is 1.97. The number of halogens is 1. The molecule has 2 nitrogen and oxygen atoms in total. The van der Waals surface area contributed by atoms with Crippen LogP contribution in [0.25, 0.3) is 11.6 Å². The topological polar surface area (TPSA) is 23.5 Å². The Morgan fingerprint density at radius 3 is 2.60 bits per heavy atom. The lowest BCUT2D eigenvalue weighted by molar-refractivity contribution is 0.352. The molecule has 0 aromatic heterocycles. The van der Waals surface area contributed by atoms with Crippen LogP contribution in [0, 0.1) is 11.7 Å². The lowest BCUT2D eigenvalue weighted by Gasteiger charge is -2.28. The summed E-state index contributed by atoms with van der Waals surface area (Å²) in [5.74, 6) is 0.506. The molecule has 3 heteroatoms. The smallest absolute Gasteiger partial charge is 0.123 e. The summed E-state index contributed by atoms with van der Waals surface area (Å²) in [5.41, 5.74) is 4.56. The van der Waals surface area contributed by atoms with Crippen molar-refractivity contribution in [3.8, 4) is 5.75 Å². The molecule has 0 bridgehead atoms. The molecular formula is C22H24FNO. The van der Waals surface area contributed by atoms with Crippen LogP contribution in [0.3, 0.4) is 0 Å². The van der Waals surface area contributed by atoms with Crippen molar-refractivity contribution < 1.29 is 9.50 Å². The summed E-state index contributed by atoms with van der Waals surface area (Å²) in [6, 6.07) is 14.0. The summed E-state index contributed by atoms with van der Waals surface area (Å²) in [7, 11) is 4.17. The van der Waals surface area contributed by atoms with Crippen molar-refractivity contribution in [2.75, 3.05) is 20.6 Å². The summed E-state index contributed by atoms with van der Waals surface area (Å²) < 4.78 is 13.1. The molecule has 2 aromatic rings. The monoisotopic (exact) mass is 337 g/mol. The molecule has 0 radical (unpaired) electrons. The van der Waals surface area contributed by atoms with Gasteiger partial charge in [-0.05, 0) is 79.4 Å². The molecule has 2 aromatic carbocycles. The second-order valence-electron chi connectivity index (χ2n) is 6.92. The van der Waals surface area contributed by atoms with Gasteiger partial charge in [-0.25, -0.2) is 4.39 Å². The van der Waals surface area contributed by atoms with Gasteiger partial charge in [-0.3, -0.25) is 0 Å². The van der Waals surface area contributed by atoms with E-state index in [2.05, 4.69) is 37.2 Å². The van der Waals surface area contributed by atoms with E-state index in [-0.39, 0.29) is 11.6 Å². The van der Waals surface area contributed by atoms with Crippen molar-refractivity contribution in [2.24, 2.45) is 5.92 Å². The SMILES string of the molecule is CN(C)CC1CC/C(=C/c2ccc(F)cc2)C=C1c1cccc(O)c1. The van der Waals surface area contributed by atoms with E-state index < -0.39 is 0 Å². The number of benzene rings is 2. The minimum atomic E-state index is -0.215. The van der Waals surface area contributed by atoms with Gasteiger partial charge < -0.3 is 10.0 Å². The molecule has 130 valence electrons. The number of phenols is 1. The van der Waals surface area contributed by atoms with E-state index in [0.29, 0.717) is 5.92 Å². The van der Waals surface area contributed by atoms with Crippen LogP contribution in [-0.4, -0.2) is 30.6 Å². The van der Waals surface area contributed by atoms with Crippen molar-refractivity contribution in [3.63, 3.8) is 0 Å². The van der Waals surface area contributed by atoms with E-state index in [1.807, 2.05) is 12.1 Å². The Morgan fingerprint density at radius 1 is 1.16 bits per heavy atom. The number of phenolic OH excluding ortho intramolecular Hbond substituents is 1. The molecule has 1 unspecified atom stereocenters. The Hall–Kier alpha value is -2.39. The molecular weight excluding hydrogens is 313 g/mol. The quantitative estimate of drug-likeness (QED) is 0.851. The van der Waals surface area contributed by atoms with Gasteiger partial charge in [0.05, 0.1) is 0 Å². The number of nitrogens with zero attached hydrogens (tertiary/aromatic N) is 1. The number of allylic oxidation sites excluding steroid dienone is 2. The molecule has 1 aliphatic carbocycles. The van der Waals surface area contributed by atoms with E-state index in [0.717, 1.165) is 30.5 Å². The highest BCUT2D eigenvalue weighted by atomic mass is 19.1. The number of rotatable bonds is 4. The summed E-state index contributed by atoms with van der Waals surface area (Å²) in [4.78, 5) is 2.20. The van der Waals surface area contributed by atoms with Gasteiger partial charge in [-0.1, -0.05) is 36.4 Å². The Morgan fingerprint density at radius 2 is 1.92 bits per heavy atom. The van der Waals surface area contributed by atoms with E-state index >= 15 is 0 Å². The maximum atomic E-state index is 13.1. The molecule has 0 saturated heterocycles. The fraction of sp³-hybridized carbons (Fsp3) is 0.273. The van der Waals surface area contributed by atoms with Crippen molar-refractivity contribution >= 4 is 11.6 Å². The van der Waals surface area contributed by atoms with Gasteiger partial charge in [0.15, 0.2) is 0 Å². The molecule has 0 amide bonds. The number of hydrogen-bond acceptors (Lipinski definition) is 2. The first-order valence-electron chi connectivity index (χ1n) is 8.63. The lowest BCUT2D eigenvalue weighted by atomic mass is 9.81. The van der Waals surface area contributed by atoms with E-state index in [4.69, 9.17) is 0 Å². The molecule has 0 heterocycles. The van der Waals surface area contributed by atoms with Gasteiger partial charge in [0.25, 0.3) is 0 Å². The predicted octanol–water partition coefficient (Wildman–Crippen LogP) is 4.97. The summed E-state index contributed by atoms with van der Waals surface area (Å²) >= 11 is 0. The van der Waals surface area contributed by atoms with Crippen molar-refractivity contribution in [1.29, 1.82) is 0 Å². The first kappa shape index (κ1) is 17.4. The highest BCUT2D eigenvalue weighted by Crippen LogP contribution is 2.36. The summed E-state index contributed by atoms with van der Waals surface area (Å²) in [5, 5.41) is 9.85. The van der Waals surface area contributed by atoms with Gasteiger partial charge >= 0.3 is 0 Å². The molecule has 1 atom stereocenters. The average molecular weight is 337 g/mol. The Kier molecular flexibility index (Phi) is 5.34. The van der Waals surface area contributed by atoms with Crippen molar-refractivity contribution in [2.45, 2.75) is 12.8 Å². The molecule has 0 fully saturated rings. The minimum absolute atomic E-state index is 0.215. The first-order valence-corrected chi connectivity index (χ1v) is 8.63. The zero-order valence-electron chi connectivity index (χ0n) is 14.7. The highest BCUT2D eigenvalue weighted by molar-refractivity contribution is 5.74. The third-order valence-corrected chi connectivity index (χ3v) is 4.55. The van der Waals surface area contributed by atoms with Crippen LogP contribution in [0.15, 0.2) is 60.2 Å². The van der Waals surface area contributed by atoms with Gasteiger partial charge in [-0.15, -0.1) is 0 Å². The minimum Gasteiger partial charge on any atom is -0.508 e. The van der Waals surface area contributed by atoms with Crippen LogP contribution in [0.5, 0.6) is 5.75 Å². The third-order valence-electron chi connectivity index (χ3n) is 4.55. The van der Waals surface area contributed by atoms with Gasteiger partial charge in [0.1, 0.15) is 11.6 Å². The number of aromatic hydroxyl groups is 1. The molecule has 0 spiro atoms. The molecule has 25 heavy (non-hydrogen) atoms.